The number of nitrogens with zero attached hydrogens (tertiary/aromatic N) is 2. The van der Waals surface area contributed by atoms with Gasteiger partial charge in [-0.2, -0.15) is 0 Å². The molecule has 2 nitrogen and oxygen atoms in total. The van der Waals surface area contributed by atoms with Crippen LogP contribution in [0.2, 0.25) is 0 Å². The number of hydrogen-bond donors (Lipinski definition) is 0. The van der Waals surface area contributed by atoms with E-state index in [1.807, 2.05) is 7.05 Å². The van der Waals surface area contributed by atoms with Gasteiger partial charge >= 0.3 is 0 Å². The van der Waals surface area contributed by atoms with E-state index < -0.39 is 0 Å². The van der Waals surface area contributed by atoms with E-state index in [1.165, 1.54) is 55.2 Å². The Hall–Kier alpha value is -3.88. The molecule has 0 atom stereocenters. The molecule has 0 saturated carbocycles. The smallest absolute Gasteiger partial charge is 0.0470 e. The quantitative estimate of drug-likeness (QED) is 0.213. The van der Waals surface area contributed by atoms with Gasteiger partial charge in [0.1, 0.15) is 0 Å². The minimum atomic E-state index is -0.255. The van der Waals surface area contributed by atoms with Crippen LogP contribution in [0.1, 0.15) is 58.1 Å². The molecular weight excluding hydrogens is 544 g/mol. The lowest BCUT2D eigenvalue weighted by atomic mass is 9.77. The predicted octanol–water partition coefficient (Wildman–Crippen LogP) is 10.8. The summed E-state index contributed by atoms with van der Waals surface area (Å²) in [5.74, 6) is 0. The molecule has 0 fully saturated rings. The topological polar surface area (TPSA) is 15.6 Å². The van der Waals surface area contributed by atoms with Gasteiger partial charge in [0.2, 0.25) is 0 Å². The van der Waals surface area contributed by atoms with Crippen molar-refractivity contribution in [1.29, 1.82) is 0 Å². The molecule has 218 valence electrons. The molecule has 6 rings (SSSR count). The molecule has 0 saturated heterocycles. The average molecular weight is 585 g/mol. The predicted molar refractivity (Wildman–Crippen MR) is 188 cm³/mol. The standard InChI is InChI=1S/C40H41ClN2/c1-39(2,33-20-12-15-27-13-7-9-18-31(27)33)35(42-5)25-22-29-16-11-17-30(38(29)41)23-26-36-40(3,4)37-32-19-10-8-14-28(32)21-24-34(37)43(36)6/h7-10,12-15,18-26H,11,16-17H2,1-6H3/b25-22+,30-23+,36-26+,42-35?. The minimum absolute atomic E-state index is 0.116. The van der Waals surface area contributed by atoms with Crippen LogP contribution in [0.3, 0.4) is 0 Å². The Bertz CT molecular complexity index is 1870. The van der Waals surface area contributed by atoms with Crippen molar-refractivity contribution in [2.24, 2.45) is 4.99 Å². The summed E-state index contributed by atoms with van der Waals surface area (Å²) in [6.07, 6.45) is 12.0. The molecule has 0 unspecified atom stereocenters. The molecule has 0 aromatic heterocycles. The molecule has 4 aromatic rings. The van der Waals surface area contributed by atoms with Crippen LogP contribution >= 0.6 is 11.6 Å². The molecule has 0 radical (unpaired) electrons. The highest BCUT2D eigenvalue weighted by atomic mass is 35.5. The first-order chi connectivity index (χ1) is 20.6. The summed E-state index contributed by atoms with van der Waals surface area (Å²) in [6, 6.07) is 28.3. The Kier molecular flexibility index (Phi) is 7.69. The van der Waals surface area contributed by atoms with Crippen molar-refractivity contribution in [1.82, 2.24) is 0 Å². The lowest BCUT2D eigenvalue weighted by Gasteiger charge is -2.27. The third-order valence-corrected chi connectivity index (χ3v) is 10.1. The van der Waals surface area contributed by atoms with Gasteiger partial charge in [0.05, 0.1) is 0 Å². The summed E-state index contributed by atoms with van der Waals surface area (Å²) in [6.45, 7) is 9.19. The highest BCUT2D eigenvalue weighted by Crippen LogP contribution is 2.50. The summed E-state index contributed by atoms with van der Waals surface area (Å²) in [4.78, 5) is 7.11. The van der Waals surface area contributed by atoms with Crippen molar-refractivity contribution in [3.8, 4) is 0 Å². The van der Waals surface area contributed by atoms with Crippen LogP contribution in [0.5, 0.6) is 0 Å². The highest BCUT2D eigenvalue weighted by molar-refractivity contribution is 6.32. The van der Waals surface area contributed by atoms with E-state index in [-0.39, 0.29) is 10.8 Å². The molecule has 4 aromatic carbocycles. The number of allylic oxidation sites excluding steroid dienone is 8. The zero-order chi connectivity index (χ0) is 30.4. The van der Waals surface area contributed by atoms with Gasteiger partial charge in [-0.05, 0) is 81.3 Å². The maximum atomic E-state index is 7.12. The number of anilines is 1. The number of rotatable bonds is 5. The Balaban J connectivity index is 1.31. The van der Waals surface area contributed by atoms with E-state index in [4.69, 9.17) is 16.6 Å². The van der Waals surface area contributed by atoms with Gasteiger partial charge in [0.15, 0.2) is 0 Å². The van der Waals surface area contributed by atoms with Crippen molar-refractivity contribution in [3.05, 3.63) is 136 Å². The third-order valence-electron chi connectivity index (χ3n) is 9.58. The molecule has 1 aliphatic heterocycles. The first-order valence-corrected chi connectivity index (χ1v) is 15.7. The van der Waals surface area contributed by atoms with Crippen LogP contribution in [-0.2, 0) is 10.8 Å². The van der Waals surface area contributed by atoms with Gasteiger partial charge in [-0.25, -0.2) is 0 Å². The van der Waals surface area contributed by atoms with E-state index in [1.54, 1.807) is 0 Å². The molecular formula is C40H41ClN2. The van der Waals surface area contributed by atoms with Gasteiger partial charge in [-0.3, -0.25) is 4.99 Å². The van der Waals surface area contributed by atoms with E-state index in [2.05, 4.69) is 143 Å². The molecule has 0 spiro atoms. The summed E-state index contributed by atoms with van der Waals surface area (Å²) in [5, 5.41) is 6.01. The zero-order valence-corrected chi connectivity index (χ0v) is 27.0. The van der Waals surface area contributed by atoms with Gasteiger partial charge < -0.3 is 4.90 Å². The second-order valence-corrected chi connectivity index (χ2v) is 13.3. The lowest BCUT2D eigenvalue weighted by molar-refractivity contribution is 0.645. The zero-order valence-electron chi connectivity index (χ0n) is 26.2. The summed E-state index contributed by atoms with van der Waals surface area (Å²) < 4.78 is 0. The van der Waals surface area contributed by atoms with E-state index in [0.29, 0.717) is 0 Å². The molecule has 2 aliphatic rings. The first-order valence-electron chi connectivity index (χ1n) is 15.3. The van der Waals surface area contributed by atoms with E-state index in [9.17, 15) is 0 Å². The molecule has 0 amide bonds. The number of likely N-dealkylation sites (N-methyl/N-ethyl adjacent to an activating group) is 1. The maximum Gasteiger partial charge on any atom is 0.0470 e. The van der Waals surface area contributed by atoms with Crippen molar-refractivity contribution in [3.63, 3.8) is 0 Å². The molecule has 0 N–H and O–H groups in total. The summed E-state index contributed by atoms with van der Waals surface area (Å²) in [5.41, 5.74) is 8.30. The maximum absolute atomic E-state index is 7.12. The Morgan fingerprint density at radius 3 is 2.28 bits per heavy atom. The Morgan fingerprint density at radius 1 is 0.860 bits per heavy atom. The fourth-order valence-corrected chi connectivity index (χ4v) is 7.55. The minimum Gasteiger partial charge on any atom is -0.347 e. The summed E-state index contributed by atoms with van der Waals surface area (Å²) >= 11 is 7.12. The second kappa shape index (κ2) is 11.3. The van der Waals surface area contributed by atoms with Crippen LogP contribution in [0.15, 0.2) is 130 Å². The third kappa shape index (κ3) is 5.06. The molecule has 0 bridgehead atoms. The lowest BCUT2D eigenvalue weighted by Crippen LogP contribution is -2.28. The van der Waals surface area contributed by atoms with Gasteiger partial charge in [0.25, 0.3) is 0 Å². The Labute approximate surface area is 261 Å². The van der Waals surface area contributed by atoms with Crippen LogP contribution in [-0.4, -0.2) is 19.8 Å². The average Bonchev–Trinajstić information content (AvgIpc) is 3.21. The van der Waals surface area contributed by atoms with Crippen molar-refractivity contribution < 1.29 is 0 Å². The number of benzene rings is 4. The Morgan fingerprint density at radius 2 is 1.53 bits per heavy atom. The molecule has 3 heteroatoms. The van der Waals surface area contributed by atoms with Crippen molar-refractivity contribution in [2.45, 2.75) is 57.8 Å². The van der Waals surface area contributed by atoms with Crippen molar-refractivity contribution in [2.75, 3.05) is 19.0 Å². The second-order valence-electron chi connectivity index (χ2n) is 12.9. The fourth-order valence-electron chi connectivity index (χ4n) is 7.23. The van der Waals surface area contributed by atoms with Crippen LogP contribution < -0.4 is 4.90 Å². The number of fused-ring (bicyclic) bond motifs is 4. The normalized spacial score (nSPS) is 19.4. The van der Waals surface area contributed by atoms with E-state index >= 15 is 0 Å². The first kappa shape index (κ1) is 29.2. The number of hydrogen-bond acceptors (Lipinski definition) is 2. The fraction of sp³-hybridized carbons (Fsp3) is 0.275. The van der Waals surface area contributed by atoms with Crippen LogP contribution in [0.25, 0.3) is 21.5 Å². The molecule has 1 heterocycles. The molecule has 1 aliphatic carbocycles. The van der Waals surface area contributed by atoms with E-state index in [0.717, 1.165) is 30.0 Å². The van der Waals surface area contributed by atoms with Crippen molar-refractivity contribution >= 4 is 44.5 Å². The SMILES string of the molecule is CN=C(/C=C/C1=C(Cl)C(=C/C=C2/N(C)c3ccc4ccccc4c3C2(C)C)/CCC1)C(C)(C)c1cccc2ccccc12. The van der Waals surface area contributed by atoms with Crippen LogP contribution in [0.4, 0.5) is 5.69 Å². The number of halogens is 1. The highest BCUT2D eigenvalue weighted by Gasteiger charge is 2.39. The van der Waals surface area contributed by atoms with Gasteiger partial charge in [-0.1, -0.05) is 124 Å². The molecule has 43 heavy (non-hydrogen) atoms. The van der Waals surface area contributed by atoms with Crippen LogP contribution in [0, 0.1) is 0 Å². The monoisotopic (exact) mass is 584 g/mol. The summed E-state index contributed by atoms with van der Waals surface area (Å²) in [7, 11) is 4.07. The van der Waals surface area contributed by atoms with Gasteiger partial charge in [-0.15, -0.1) is 0 Å². The largest absolute Gasteiger partial charge is 0.347 e. The number of aliphatic imine (C=N–C) groups is 1. The van der Waals surface area contributed by atoms with Gasteiger partial charge in [0, 0.05) is 47.1 Å².